The summed E-state index contributed by atoms with van der Waals surface area (Å²) >= 11 is 0. The number of unbranched alkanes of at least 4 members (excludes halogenated alkanes) is 2. The first kappa shape index (κ1) is 21.7. The van der Waals surface area contributed by atoms with E-state index in [1.807, 2.05) is 31.2 Å². The first-order valence-corrected chi connectivity index (χ1v) is 11.1. The Kier molecular flexibility index (Phi) is 6.35. The Balaban J connectivity index is 1.58. The molecule has 1 aromatic heterocycles. The van der Waals surface area contributed by atoms with Crippen LogP contribution in [0, 0.1) is 5.92 Å². The molecule has 4 rings (SSSR count). The topological polar surface area (TPSA) is 98.4 Å². The van der Waals surface area contributed by atoms with E-state index in [0.29, 0.717) is 29.7 Å². The van der Waals surface area contributed by atoms with E-state index in [9.17, 15) is 9.59 Å². The first-order chi connectivity index (χ1) is 15.5. The molecule has 1 aliphatic rings. The highest BCUT2D eigenvalue weighted by Crippen LogP contribution is 2.28. The molecule has 7 heteroatoms. The van der Waals surface area contributed by atoms with E-state index < -0.39 is 0 Å². The number of hydrogen-bond acceptors (Lipinski definition) is 6. The molecule has 1 amide bonds. The van der Waals surface area contributed by atoms with Crippen molar-refractivity contribution in [1.29, 1.82) is 0 Å². The van der Waals surface area contributed by atoms with Gasteiger partial charge in [0.05, 0.1) is 11.4 Å². The van der Waals surface area contributed by atoms with Crippen LogP contribution in [-0.2, 0) is 17.9 Å². The summed E-state index contributed by atoms with van der Waals surface area (Å²) in [5.74, 6) is -0.288. The van der Waals surface area contributed by atoms with Gasteiger partial charge >= 0.3 is 5.97 Å². The lowest BCUT2D eigenvalue weighted by Gasteiger charge is -2.17. The lowest BCUT2D eigenvalue weighted by atomic mass is 10.0. The molecule has 2 N–H and O–H groups in total. The third-order valence-corrected chi connectivity index (χ3v) is 5.88. The average molecular weight is 433 g/mol. The van der Waals surface area contributed by atoms with Gasteiger partial charge in [0, 0.05) is 18.5 Å². The molecule has 3 aromatic rings. The van der Waals surface area contributed by atoms with Crippen LogP contribution >= 0.6 is 0 Å². The number of amides is 1. The number of carbonyl (C=O) groups is 2. The second kappa shape index (κ2) is 9.34. The lowest BCUT2D eigenvalue weighted by Crippen LogP contribution is -2.27. The molecule has 2 aromatic carbocycles. The number of rotatable bonds is 7. The van der Waals surface area contributed by atoms with Gasteiger partial charge < -0.3 is 15.4 Å². The molecule has 2 heterocycles. The van der Waals surface area contributed by atoms with Gasteiger partial charge in [0.15, 0.2) is 0 Å². The first-order valence-electron chi connectivity index (χ1n) is 11.1. The summed E-state index contributed by atoms with van der Waals surface area (Å²) in [4.78, 5) is 36.1. The van der Waals surface area contributed by atoms with Gasteiger partial charge in [-0.05, 0) is 35.7 Å². The lowest BCUT2D eigenvalue weighted by molar-refractivity contribution is -0.138. The molecule has 1 aliphatic heterocycles. The van der Waals surface area contributed by atoms with Crippen molar-refractivity contribution in [2.45, 2.75) is 52.6 Å². The maximum Gasteiger partial charge on any atom is 0.314 e. The Morgan fingerprint density at radius 2 is 1.81 bits per heavy atom. The molecule has 1 atom stereocenters. The van der Waals surface area contributed by atoms with Crippen LogP contribution in [0.25, 0.3) is 10.9 Å². The molecule has 32 heavy (non-hydrogen) atoms. The van der Waals surface area contributed by atoms with Crippen molar-refractivity contribution in [2.75, 3.05) is 5.73 Å². The summed E-state index contributed by atoms with van der Waals surface area (Å²) in [6.07, 6.45) is 3.99. The predicted molar refractivity (Wildman–Crippen MR) is 123 cm³/mol. The Morgan fingerprint density at radius 3 is 2.50 bits per heavy atom. The fourth-order valence-corrected chi connectivity index (χ4v) is 4.01. The highest BCUT2D eigenvalue weighted by atomic mass is 16.5. The summed E-state index contributed by atoms with van der Waals surface area (Å²) in [6, 6.07) is 13.0. The van der Waals surface area contributed by atoms with Gasteiger partial charge in [-0.2, -0.15) is 0 Å². The minimum Gasteiger partial charge on any atom is -0.426 e. The van der Waals surface area contributed by atoms with Gasteiger partial charge in [-0.3, -0.25) is 9.59 Å². The summed E-state index contributed by atoms with van der Waals surface area (Å²) < 4.78 is 5.61. The number of esters is 1. The summed E-state index contributed by atoms with van der Waals surface area (Å²) in [5, 5.41) is 0.518. The number of hydrogen-bond donors (Lipinski definition) is 1. The van der Waals surface area contributed by atoms with E-state index in [0.717, 1.165) is 36.8 Å². The Hall–Kier alpha value is -3.48. The van der Waals surface area contributed by atoms with E-state index in [2.05, 4.69) is 16.9 Å². The molecule has 0 radical (unpaired) electrons. The Labute approximate surface area is 187 Å². The van der Waals surface area contributed by atoms with Crippen molar-refractivity contribution in [2.24, 2.45) is 5.92 Å². The molecule has 0 spiro atoms. The van der Waals surface area contributed by atoms with E-state index in [4.69, 9.17) is 10.5 Å². The summed E-state index contributed by atoms with van der Waals surface area (Å²) in [7, 11) is 0. The summed E-state index contributed by atoms with van der Waals surface area (Å²) in [6.45, 7) is 5.05. The van der Waals surface area contributed by atoms with E-state index in [1.165, 1.54) is 0 Å². The third kappa shape index (κ3) is 4.56. The number of carbonyl (C=O) groups excluding carboxylic acids is 2. The third-order valence-electron chi connectivity index (χ3n) is 5.88. The van der Waals surface area contributed by atoms with Crippen LogP contribution in [0.15, 0.2) is 42.5 Å². The highest BCUT2D eigenvalue weighted by molar-refractivity contribution is 6.05. The monoisotopic (exact) mass is 432 g/mol. The maximum atomic E-state index is 13.3. The average Bonchev–Trinajstić information content (AvgIpc) is 3.22. The highest BCUT2D eigenvalue weighted by Gasteiger charge is 2.27. The molecule has 1 unspecified atom stereocenters. The number of nitrogen functional groups attached to an aromatic ring is 1. The number of ether oxygens (including phenoxy) is 1. The van der Waals surface area contributed by atoms with Gasteiger partial charge in [0.25, 0.3) is 5.91 Å². The molecule has 0 fully saturated rings. The largest absolute Gasteiger partial charge is 0.426 e. The number of anilines is 1. The summed E-state index contributed by atoms with van der Waals surface area (Å²) in [5.41, 5.74) is 8.88. The Bertz CT molecular complexity index is 1140. The number of benzene rings is 2. The molecule has 0 saturated heterocycles. The molecule has 0 saturated carbocycles. The SMILES string of the molecule is CCCCCC(C)C(=O)Oc1ccc2nc(N)nc(C(=O)N3Cc4ccccc4C3)c2c1. The molecule has 7 nitrogen and oxygen atoms in total. The van der Waals surface area contributed by atoms with Gasteiger partial charge in [-0.25, -0.2) is 9.97 Å². The fraction of sp³-hybridized carbons (Fsp3) is 0.360. The van der Waals surface area contributed by atoms with Crippen molar-refractivity contribution in [3.05, 3.63) is 59.3 Å². The molecule has 0 bridgehead atoms. The van der Waals surface area contributed by atoms with Crippen molar-refractivity contribution in [3.8, 4) is 5.75 Å². The van der Waals surface area contributed by atoms with Crippen LogP contribution in [0.2, 0.25) is 0 Å². The van der Waals surface area contributed by atoms with Crippen molar-refractivity contribution in [3.63, 3.8) is 0 Å². The standard InChI is InChI=1S/C25H28N4O3/c1-3-4-5-8-16(2)24(31)32-19-11-12-21-20(13-19)22(28-25(26)27-21)23(30)29-14-17-9-6-7-10-18(17)15-29/h6-7,9-13,16H,3-5,8,14-15H2,1-2H3,(H2,26,27,28). The molecule has 0 aliphatic carbocycles. The minimum atomic E-state index is -0.278. The van der Waals surface area contributed by atoms with E-state index in [1.54, 1.807) is 23.1 Å². The van der Waals surface area contributed by atoms with E-state index >= 15 is 0 Å². The Morgan fingerprint density at radius 1 is 1.09 bits per heavy atom. The second-order valence-electron chi connectivity index (χ2n) is 8.36. The molecular formula is C25H28N4O3. The van der Waals surface area contributed by atoms with Crippen LogP contribution in [0.3, 0.4) is 0 Å². The van der Waals surface area contributed by atoms with Crippen molar-refractivity contribution < 1.29 is 14.3 Å². The zero-order chi connectivity index (χ0) is 22.7. The number of nitrogens with zero attached hydrogens (tertiary/aromatic N) is 3. The van der Waals surface area contributed by atoms with E-state index in [-0.39, 0.29) is 29.4 Å². The van der Waals surface area contributed by atoms with Gasteiger partial charge in [-0.15, -0.1) is 0 Å². The van der Waals surface area contributed by atoms with Gasteiger partial charge in [0.1, 0.15) is 11.4 Å². The quantitative estimate of drug-likeness (QED) is 0.336. The second-order valence-corrected chi connectivity index (χ2v) is 8.36. The molecular weight excluding hydrogens is 404 g/mol. The maximum absolute atomic E-state index is 13.3. The fourth-order valence-electron chi connectivity index (χ4n) is 4.01. The van der Waals surface area contributed by atoms with Crippen molar-refractivity contribution >= 4 is 28.7 Å². The van der Waals surface area contributed by atoms with Crippen LogP contribution in [0.5, 0.6) is 5.75 Å². The van der Waals surface area contributed by atoms with Crippen LogP contribution in [-0.4, -0.2) is 26.7 Å². The van der Waals surface area contributed by atoms with Gasteiger partial charge in [-0.1, -0.05) is 57.4 Å². The zero-order valence-electron chi connectivity index (χ0n) is 18.5. The predicted octanol–water partition coefficient (Wildman–Crippen LogP) is 4.49. The van der Waals surface area contributed by atoms with Gasteiger partial charge in [0.2, 0.25) is 5.95 Å². The minimum absolute atomic E-state index is 0.0341. The molecule has 166 valence electrons. The number of nitrogens with two attached hydrogens (primary N) is 1. The smallest absolute Gasteiger partial charge is 0.314 e. The van der Waals surface area contributed by atoms with Crippen LogP contribution in [0.4, 0.5) is 5.95 Å². The van der Waals surface area contributed by atoms with Crippen LogP contribution < -0.4 is 10.5 Å². The number of aromatic nitrogens is 2. The normalized spacial score (nSPS) is 13.8. The number of fused-ring (bicyclic) bond motifs is 2. The zero-order valence-corrected chi connectivity index (χ0v) is 18.5. The van der Waals surface area contributed by atoms with Crippen molar-refractivity contribution in [1.82, 2.24) is 14.9 Å². The van der Waals surface area contributed by atoms with Crippen LogP contribution in [0.1, 0.15) is 61.1 Å².